The molecule has 0 amide bonds. The lowest BCUT2D eigenvalue weighted by atomic mass is 9.84. The zero-order valence-electron chi connectivity index (χ0n) is 21.5. The first-order valence-corrected chi connectivity index (χ1v) is 12.5. The van der Waals surface area contributed by atoms with E-state index in [1.54, 1.807) is 19.2 Å². The van der Waals surface area contributed by atoms with Gasteiger partial charge in [0.25, 0.3) is 0 Å². The van der Waals surface area contributed by atoms with E-state index < -0.39 is 5.97 Å². The number of aliphatic carboxylic acids is 1. The van der Waals surface area contributed by atoms with Gasteiger partial charge in [0.1, 0.15) is 23.9 Å². The molecule has 3 aromatic rings. The Bertz CT molecular complexity index is 1220. The molecule has 0 unspecified atom stereocenters. The number of carboxylic acids is 1. The van der Waals surface area contributed by atoms with Gasteiger partial charge in [-0.05, 0) is 89.1 Å². The van der Waals surface area contributed by atoms with E-state index in [0.717, 1.165) is 47.3 Å². The number of hydrogen-bond acceptors (Lipinski definition) is 3. The summed E-state index contributed by atoms with van der Waals surface area (Å²) in [5.74, 6) is 0.773. The third kappa shape index (κ3) is 6.66. The zero-order valence-corrected chi connectivity index (χ0v) is 21.5. The third-order valence-corrected chi connectivity index (χ3v) is 6.63. The van der Waals surface area contributed by atoms with Crippen molar-refractivity contribution in [2.75, 3.05) is 7.11 Å². The molecule has 0 heterocycles. The molecule has 0 bridgehead atoms. The van der Waals surface area contributed by atoms with Crippen LogP contribution in [0.5, 0.6) is 11.5 Å². The predicted molar refractivity (Wildman–Crippen MR) is 140 cm³/mol. The van der Waals surface area contributed by atoms with Crippen LogP contribution in [0.4, 0.5) is 4.39 Å². The minimum Gasteiger partial charge on any atom is -0.497 e. The Balaban J connectivity index is 1.57. The lowest BCUT2D eigenvalue weighted by Crippen LogP contribution is -2.11. The molecular formula is C31H35FO4. The third-order valence-electron chi connectivity index (χ3n) is 6.63. The summed E-state index contributed by atoms with van der Waals surface area (Å²) < 4.78 is 26.3. The SMILES string of the molecule is COc1ccc(F)c(-c2ccc(COc3cccc([C@H](CC(=O)O)C4CC4)c3)cc2CC(C)(C)C)c1. The number of carboxylic acid groups (broad SMARTS) is 1. The van der Waals surface area contributed by atoms with Gasteiger partial charge in [0.2, 0.25) is 0 Å². The van der Waals surface area contributed by atoms with Gasteiger partial charge < -0.3 is 14.6 Å². The molecule has 190 valence electrons. The van der Waals surface area contributed by atoms with Crippen LogP contribution in [0.2, 0.25) is 0 Å². The van der Waals surface area contributed by atoms with Gasteiger partial charge in [-0.1, -0.05) is 51.1 Å². The Kier molecular flexibility index (Phi) is 7.67. The Labute approximate surface area is 213 Å². The van der Waals surface area contributed by atoms with E-state index in [0.29, 0.717) is 23.8 Å². The first-order chi connectivity index (χ1) is 17.1. The number of rotatable bonds is 10. The van der Waals surface area contributed by atoms with Gasteiger partial charge in [0.15, 0.2) is 0 Å². The summed E-state index contributed by atoms with van der Waals surface area (Å²) in [6.07, 6.45) is 3.09. The van der Waals surface area contributed by atoms with Crippen LogP contribution in [0.15, 0.2) is 60.7 Å². The summed E-state index contributed by atoms with van der Waals surface area (Å²) in [5.41, 5.74) is 4.47. The number of halogens is 1. The van der Waals surface area contributed by atoms with Crippen LogP contribution < -0.4 is 9.47 Å². The fraction of sp³-hybridized carbons (Fsp3) is 0.387. The number of carbonyl (C=O) groups is 1. The molecule has 36 heavy (non-hydrogen) atoms. The molecule has 0 radical (unpaired) electrons. The molecule has 0 aromatic heterocycles. The fourth-order valence-corrected chi connectivity index (χ4v) is 4.80. The molecule has 0 saturated heterocycles. The molecule has 1 atom stereocenters. The van der Waals surface area contributed by atoms with Crippen LogP contribution in [0, 0.1) is 17.2 Å². The number of ether oxygens (including phenoxy) is 2. The van der Waals surface area contributed by atoms with Crippen molar-refractivity contribution >= 4 is 5.97 Å². The van der Waals surface area contributed by atoms with Crippen LogP contribution in [-0.2, 0) is 17.8 Å². The Hall–Kier alpha value is -3.34. The first-order valence-electron chi connectivity index (χ1n) is 12.5. The Morgan fingerprint density at radius 3 is 2.47 bits per heavy atom. The van der Waals surface area contributed by atoms with Crippen molar-refractivity contribution < 1.29 is 23.8 Å². The van der Waals surface area contributed by atoms with Gasteiger partial charge in [-0.3, -0.25) is 4.79 Å². The van der Waals surface area contributed by atoms with Crippen molar-refractivity contribution in [1.82, 2.24) is 0 Å². The van der Waals surface area contributed by atoms with Crippen molar-refractivity contribution in [3.63, 3.8) is 0 Å². The molecule has 0 aliphatic heterocycles. The highest BCUT2D eigenvalue weighted by molar-refractivity contribution is 5.70. The molecule has 1 N–H and O–H groups in total. The lowest BCUT2D eigenvalue weighted by Gasteiger charge is -2.22. The van der Waals surface area contributed by atoms with Crippen molar-refractivity contribution in [3.05, 3.63) is 83.2 Å². The fourth-order valence-electron chi connectivity index (χ4n) is 4.80. The van der Waals surface area contributed by atoms with Gasteiger partial charge in [0.05, 0.1) is 13.5 Å². The van der Waals surface area contributed by atoms with Crippen LogP contribution in [0.25, 0.3) is 11.1 Å². The smallest absolute Gasteiger partial charge is 0.303 e. The van der Waals surface area contributed by atoms with Crippen LogP contribution in [0.3, 0.4) is 0 Å². The van der Waals surface area contributed by atoms with E-state index in [4.69, 9.17) is 9.47 Å². The van der Waals surface area contributed by atoms with E-state index in [9.17, 15) is 14.3 Å². The normalized spacial score (nSPS) is 14.4. The number of benzene rings is 3. The second kappa shape index (κ2) is 10.7. The molecule has 5 heteroatoms. The number of methoxy groups -OCH3 is 1. The van der Waals surface area contributed by atoms with Gasteiger partial charge in [-0.15, -0.1) is 0 Å². The molecular weight excluding hydrogens is 455 g/mol. The molecule has 1 saturated carbocycles. The number of hydrogen-bond donors (Lipinski definition) is 1. The summed E-state index contributed by atoms with van der Waals surface area (Å²) >= 11 is 0. The van der Waals surface area contributed by atoms with Gasteiger partial charge in [0, 0.05) is 5.56 Å². The minimum atomic E-state index is -0.767. The first kappa shape index (κ1) is 25.7. The van der Waals surface area contributed by atoms with E-state index in [1.807, 2.05) is 36.4 Å². The highest BCUT2D eigenvalue weighted by Crippen LogP contribution is 2.45. The monoisotopic (exact) mass is 490 g/mol. The summed E-state index contributed by atoms with van der Waals surface area (Å²) in [7, 11) is 1.58. The summed E-state index contributed by atoms with van der Waals surface area (Å²) in [5, 5.41) is 9.34. The van der Waals surface area contributed by atoms with E-state index in [-0.39, 0.29) is 23.6 Å². The predicted octanol–water partition coefficient (Wildman–Crippen LogP) is 7.64. The van der Waals surface area contributed by atoms with E-state index >= 15 is 0 Å². The van der Waals surface area contributed by atoms with Crippen LogP contribution >= 0.6 is 0 Å². The van der Waals surface area contributed by atoms with E-state index in [1.165, 1.54) is 6.07 Å². The summed E-state index contributed by atoms with van der Waals surface area (Å²) in [6, 6.07) is 18.7. The second-order valence-electron chi connectivity index (χ2n) is 11.0. The second-order valence-corrected chi connectivity index (χ2v) is 11.0. The minimum absolute atomic E-state index is 0.0138. The molecule has 4 nitrogen and oxygen atoms in total. The maximum absolute atomic E-state index is 14.8. The van der Waals surface area contributed by atoms with E-state index in [2.05, 4.69) is 26.8 Å². The van der Waals surface area contributed by atoms with Crippen molar-refractivity contribution in [2.24, 2.45) is 11.3 Å². The summed E-state index contributed by atoms with van der Waals surface area (Å²) in [6.45, 7) is 6.87. The average Bonchev–Trinajstić information content (AvgIpc) is 3.66. The quantitative estimate of drug-likeness (QED) is 0.317. The lowest BCUT2D eigenvalue weighted by molar-refractivity contribution is -0.137. The molecule has 4 rings (SSSR count). The van der Waals surface area contributed by atoms with Gasteiger partial charge >= 0.3 is 5.97 Å². The highest BCUT2D eigenvalue weighted by Gasteiger charge is 2.33. The topological polar surface area (TPSA) is 55.8 Å². The average molecular weight is 491 g/mol. The van der Waals surface area contributed by atoms with Gasteiger partial charge in [-0.2, -0.15) is 0 Å². The molecule has 0 spiro atoms. The zero-order chi connectivity index (χ0) is 25.9. The highest BCUT2D eigenvalue weighted by atomic mass is 19.1. The van der Waals surface area contributed by atoms with Crippen LogP contribution in [-0.4, -0.2) is 18.2 Å². The molecule has 1 aliphatic rings. The standard InChI is InChI=1S/C31H35FO4/c1-31(2,3)18-23-14-20(8-12-26(23)28-16-24(35-4)11-13-29(28)32)19-36-25-7-5-6-22(15-25)27(17-30(33)34)21-9-10-21/h5-8,11-16,21,27H,9-10,17-19H2,1-4H3,(H,33,34)/t27-/m1/s1. The Morgan fingerprint density at radius 1 is 1.03 bits per heavy atom. The van der Waals surface area contributed by atoms with Crippen molar-refractivity contribution in [3.8, 4) is 22.6 Å². The van der Waals surface area contributed by atoms with Crippen molar-refractivity contribution in [1.29, 1.82) is 0 Å². The molecule has 1 aliphatic carbocycles. The molecule has 3 aromatic carbocycles. The largest absolute Gasteiger partial charge is 0.497 e. The maximum Gasteiger partial charge on any atom is 0.303 e. The Morgan fingerprint density at radius 2 is 1.81 bits per heavy atom. The van der Waals surface area contributed by atoms with Crippen molar-refractivity contribution in [2.45, 2.75) is 59.0 Å². The van der Waals surface area contributed by atoms with Crippen LogP contribution in [0.1, 0.15) is 62.6 Å². The summed E-state index contributed by atoms with van der Waals surface area (Å²) in [4.78, 5) is 11.4. The van der Waals surface area contributed by atoms with Gasteiger partial charge in [-0.25, -0.2) is 4.39 Å². The maximum atomic E-state index is 14.8. The molecule has 1 fully saturated rings.